The number of hydrogen-bond acceptors (Lipinski definition) is 5. The van der Waals surface area contributed by atoms with Crippen LogP contribution in [0.25, 0.3) is 0 Å². The molecule has 1 aromatic carbocycles. The van der Waals surface area contributed by atoms with Gasteiger partial charge < -0.3 is 10.5 Å². The van der Waals surface area contributed by atoms with Gasteiger partial charge >= 0.3 is 5.97 Å². The van der Waals surface area contributed by atoms with Crippen molar-refractivity contribution in [3.05, 3.63) is 29.3 Å². The number of nitrogens with two attached hydrogens (primary N) is 1. The van der Waals surface area contributed by atoms with Crippen LogP contribution in [0.15, 0.2) is 23.1 Å². The van der Waals surface area contributed by atoms with Crippen molar-refractivity contribution >= 4 is 28.4 Å². The maximum Gasteiger partial charge on any atom is 0.338 e. The van der Waals surface area contributed by atoms with Crippen molar-refractivity contribution < 1.29 is 17.9 Å². The zero-order chi connectivity index (χ0) is 17.1. The topological polar surface area (TPSA) is 89.7 Å². The van der Waals surface area contributed by atoms with Gasteiger partial charge in [0.2, 0.25) is 10.0 Å². The molecule has 2 N–H and O–H groups in total. The van der Waals surface area contributed by atoms with E-state index in [1.807, 2.05) is 13.8 Å². The summed E-state index contributed by atoms with van der Waals surface area (Å²) in [6.45, 7) is 6.18. The molecule has 0 aliphatic carbocycles. The van der Waals surface area contributed by atoms with Crippen LogP contribution in [0.3, 0.4) is 0 Å². The van der Waals surface area contributed by atoms with Gasteiger partial charge in [0.05, 0.1) is 17.6 Å². The Morgan fingerprint density at radius 2 is 1.91 bits per heavy atom. The predicted molar refractivity (Wildman–Crippen MR) is 92.4 cm³/mol. The first-order valence-corrected chi connectivity index (χ1v) is 8.34. The van der Waals surface area contributed by atoms with Gasteiger partial charge in [-0.2, -0.15) is 0 Å². The van der Waals surface area contributed by atoms with Crippen molar-refractivity contribution in [1.29, 1.82) is 0 Å². The third-order valence-corrected chi connectivity index (χ3v) is 5.31. The number of carbonyl (C=O) groups excluding carboxylic acids is 1. The molecule has 1 rings (SSSR count). The zero-order valence-corrected chi connectivity index (χ0v) is 15.8. The minimum absolute atomic E-state index is 0. The van der Waals surface area contributed by atoms with E-state index in [4.69, 9.17) is 5.73 Å². The highest BCUT2D eigenvalue weighted by Crippen LogP contribution is 2.22. The molecule has 0 amide bonds. The van der Waals surface area contributed by atoms with Crippen molar-refractivity contribution in [3.8, 4) is 0 Å². The lowest BCUT2D eigenvalue weighted by Crippen LogP contribution is -2.39. The van der Waals surface area contributed by atoms with Crippen LogP contribution < -0.4 is 5.73 Å². The smallest absolute Gasteiger partial charge is 0.338 e. The molecule has 0 aliphatic rings. The van der Waals surface area contributed by atoms with Gasteiger partial charge in [-0.1, -0.05) is 13.8 Å². The molecular formula is C15H25ClN2O4S. The second-order valence-electron chi connectivity index (χ2n) is 6.10. The third kappa shape index (κ3) is 5.17. The van der Waals surface area contributed by atoms with Crippen LogP contribution in [0, 0.1) is 12.3 Å². The predicted octanol–water partition coefficient (Wildman–Crippen LogP) is 1.81. The van der Waals surface area contributed by atoms with Crippen molar-refractivity contribution in [1.82, 2.24) is 4.31 Å². The van der Waals surface area contributed by atoms with Crippen LogP contribution in [-0.2, 0) is 14.8 Å². The van der Waals surface area contributed by atoms with Crippen LogP contribution in [0.5, 0.6) is 0 Å². The largest absolute Gasteiger partial charge is 0.465 e. The second kappa shape index (κ2) is 8.10. The molecule has 0 unspecified atom stereocenters. The van der Waals surface area contributed by atoms with E-state index in [1.54, 1.807) is 6.92 Å². The number of sulfonamides is 1. The summed E-state index contributed by atoms with van der Waals surface area (Å²) in [6, 6.07) is 4.37. The number of methoxy groups -OCH3 is 1. The number of nitrogens with zero attached hydrogens (tertiary/aromatic N) is 1. The lowest BCUT2D eigenvalue weighted by molar-refractivity contribution is 0.0600. The van der Waals surface area contributed by atoms with Gasteiger partial charge in [-0.15, -0.1) is 12.4 Å². The van der Waals surface area contributed by atoms with E-state index in [0.717, 1.165) is 0 Å². The number of esters is 1. The van der Waals surface area contributed by atoms with Gasteiger partial charge in [-0.3, -0.25) is 0 Å². The minimum Gasteiger partial charge on any atom is -0.465 e. The van der Waals surface area contributed by atoms with E-state index >= 15 is 0 Å². The maximum absolute atomic E-state index is 12.6. The van der Waals surface area contributed by atoms with E-state index < -0.39 is 16.0 Å². The number of ether oxygens (including phenoxy) is 1. The fourth-order valence-electron chi connectivity index (χ4n) is 2.07. The molecule has 0 saturated heterocycles. The van der Waals surface area contributed by atoms with E-state index in [2.05, 4.69) is 4.74 Å². The van der Waals surface area contributed by atoms with Crippen molar-refractivity contribution in [3.63, 3.8) is 0 Å². The number of hydrogen-bond donors (Lipinski definition) is 1. The molecule has 1 aromatic rings. The molecule has 0 saturated carbocycles. The molecule has 0 aromatic heterocycles. The van der Waals surface area contributed by atoms with Gasteiger partial charge in [0.1, 0.15) is 0 Å². The first-order chi connectivity index (χ1) is 10.0. The molecule has 6 nitrogen and oxygen atoms in total. The molecule has 0 fully saturated rings. The Morgan fingerprint density at radius 3 is 2.35 bits per heavy atom. The normalized spacial score (nSPS) is 12.0. The Hall–Kier alpha value is -1.15. The monoisotopic (exact) mass is 364 g/mol. The second-order valence-corrected chi connectivity index (χ2v) is 8.14. The van der Waals surface area contributed by atoms with Crippen molar-refractivity contribution in [2.75, 3.05) is 27.2 Å². The SMILES string of the molecule is COC(=O)c1ccc(S(=O)(=O)N(C)CC(C)(C)CN)cc1C.Cl. The van der Waals surface area contributed by atoms with Crippen molar-refractivity contribution in [2.45, 2.75) is 25.7 Å². The third-order valence-electron chi connectivity index (χ3n) is 3.51. The number of benzene rings is 1. The summed E-state index contributed by atoms with van der Waals surface area (Å²) >= 11 is 0. The van der Waals surface area contributed by atoms with E-state index in [-0.39, 0.29) is 22.7 Å². The summed E-state index contributed by atoms with van der Waals surface area (Å²) < 4.78 is 31.1. The van der Waals surface area contributed by atoms with Crippen LogP contribution in [0.2, 0.25) is 0 Å². The molecule has 0 atom stereocenters. The quantitative estimate of drug-likeness (QED) is 0.777. The van der Waals surface area contributed by atoms with Crippen LogP contribution >= 0.6 is 12.4 Å². The van der Waals surface area contributed by atoms with E-state index in [0.29, 0.717) is 24.2 Å². The molecule has 0 radical (unpaired) electrons. The summed E-state index contributed by atoms with van der Waals surface area (Å²) in [4.78, 5) is 11.7. The highest BCUT2D eigenvalue weighted by Gasteiger charge is 2.27. The molecule has 0 heterocycles. The summed E-state index contributed by atoms with van der Waals surface area (Å²) in [5.41, 5.74) is 6.25. The van der Waals surface area contributed by atoms with Gasteiger partial charge in [0.15, 0.2) is 0 Å². The number of aryl methyl sites for hydroxylation is 1. The minimum atomic E-state index is -3.63. The zero-order valence-electron chi connectivity index (χ0n) is 14.1. The highest BCUT2D eigenvalue weighted by atomic mass is 35.5. The van der Waals surface area contributed by atoms with Crippen LogP contribution in [0.1, 0.15) is 29.8 Å². The Balaban J connectivity index is 0.00000484. The van der Waals surface area contributed by atoms with Crippen LogP contribution in [0.4, 0.5) is 0 Å². The number of halogens is 1. The number of rotatable bonds is 6. The molecular weight excluding hydrogens is 340 g/mol. The van der Waals surface area contributed by atoms with E-state index in [1.165, 1.54) is 36.7 Å². The number of carbonyl (C=O) groups is 1. The molecule has 132 valence electrons. The summed E-state index contributed by atoms with van der Waals surface area (Å²) in [6.07, 6.45) is 0. The maximum atomic E-state index is 12.6. The Bertz CT molecular complexity index is 659. The lowest BCUT2D eigenvalue weighted by Gasteiger charge is -2.28. The Morgan fingerprint density at radius 1 is 1.35 bits per heavy atom. The Kier molecular flexibility index (Phi) is 7.69. The average Bonchev–Trinajstić information content (AvgIpc) is 2.45. The first-order valence-electron chi connectivity index (χ1n) is 6.90. The van der Waals surface area contributed by atoms with Gasteiger partial charge in [0.25, 0.3) is 0 Å². The summed E-state index contributed by atoms with van der Waals surface area (Å²) in [5.74, 6) is -0.487. The Labute approximate surface area is 144 Å². The van der Waals surface area contributed by atoms with Crippen LogP contribution in [-0.4, -0.2) is 45.9 Å². The van der Waals surface area contributed by atoms with E-state index in [9.17, 15) is 13.2 Å². The first kappa shape index (κ1) is 21.9. The van der Waals surface area contributed by atoms with Gasteiger partial charge in [0, 0.05) is 13.6 Å². The standard InChI is InChI=1S/C15H24N2O4S.ClH/c1-11-8-12(6-7-13(11)14(18)21-5)22(19,20)17(4)10-15(2,3)9-16;/h6-8H,9-10,16H2,1-5H3;1H. The molecule has 23 heavy (non-hydrogen) atoms. The lowest BCUT2D eigenvalue weighted by atomic mass is 9.94. The van der Waals surface area contributed by atoms with Gasteiger partial charge in [-0.25, -0.2) is 17.5 Å². The summed E-state index contributed by atoms with van der Waals surface area (Å²) in [7, 11) is -0.817. The highest BCUT2D eigenvalue weighted by molar-refractivity contribution is 7.89. The van der Waals surface area contributed by atoms with Gasteiger partial charge in [-0.05, 0) is 42.6 Å². The summed E-state index contributed by atoms with van der Waals surface area (Å²) in [5, 5.41) is 0. The molecule has 0 bridgehead atoms. The fraction of sp³-hybridized carbons (Fsp3) is 0.533. The average molecular weight is 365 g/mol. The molecule has 8 heteroatoms. The van der Waals surface area contributed by atoms with Crippen molar-refractivity contribution in [2.24, 2.45) is 11.1 Å². The fourth-order valence-corrected chi connectivity index (χ4v) is 3.51. The molecule has 0 aliphatic heterocycles. The molecule has 0 spiro atoms.